The standard InChI is InChI=1S/C63H37N3O2S/c1-3-12-38(13-4-1)39-24-28-42(29-25-39)61-64-62(43-30-26-41(27-31-43)48-19-10-21-51-50-20-9-18-47(59(50)68-60(48)51)40-14-5-2-6-15-40)66-63(65-61)45-32-34-49-53-36-44(33-35-54(53)67-55(49)37-45)46-17-11-23-57-58(46)52-16-7-8-22-56(52)69-57/h1-37H/i32D,33D,34D,35D,36D,37D. The lowest BCUT2D eigenvalue weighted by molar-refractivity contribution is 0.669. The highest BCUT2D eigenvalue weighted by molar-refractivity contribution is 7.25. The van der Waals surface area contributed by atoms with E-state index < -0.39 is 0 Å². The van der Waals surface area contributed by atoms with Gasteiger partial charge in [0, 0.05) is 69.5 Å². The van der Waals surface area contributed by atoms with Crippen LogP contribution in [0.4, 0.5) is 0 Å². The largest absolute Gasteiger partial charge is 0.456 e. The number of benzene rings is 10. The van der Waals surface area contributed by atoms with Gasteiger partial charge in [-0.1, -0.05) is 188 Å². The van der Waals surface area contributed by atoms with Gasteiger partial charge in [0.25, 0.3) is 0 Å². The summed E-state index contributed by atoms with van der Waals surface area (Å²) in [4.78, 5) is 14.9. The summed E-state index contributed by atoms with van der Waals surface area (Å²) in [6.45, 7) is 0. The Morgan fingerprint density at radius 2 is 0.826 bits per heavy atom. The number of thiophene rings is 1. The monoisotopic (exact) mass is 905 g/mol. The van der Waals surface area contributed by atoms with Crippen molar-refractivity contribution < 1.29 is 17.1 Å². The molecule has 0 bridgehead atoms. The quantitative estimate of drug-likeness (QED) is 0.159. The van der Waals surface area contributed by atoms with Gasteiger partial charge in [-0.3, -0.25) is 0 Å². The first-order valence-electron chi connectivity index (χ1n) is 25.6. The van der Waals surface area contributed by atoms with Crippen molar-refractivity contribution in [3.05, 3.63) is 224 Å². The second kappa shape index (κ2) is 15.8. The Morgan fingerprint density at radius 1 is 0.319 bits per heavy atom. The van der Waals surface area contributed by atoms with E-state index in [0.717, 1.165) is 75.5 Å². The van der Waals surface area contributed by atoms with E-state index in [1.165, 1.54) is 0 Å². The lowest BCUT2D eigenvalue weighted by Gasteiger charge is -2.10. The predicted octanol–water partition coefficient (Wildman–Crippen LogP) is 17.7. The van der Waals surface area contributed by atoms with Crippen LogP contribution in [0.1, 0.15) is 8.22 Å². The van der Waals surface area contributed by atoms with Crippen LogP contribution in [0.15, 0.2) is 233 Å². The molecule has 6 heteroatoms. The van der Waals surface area contributed by atoms with Crippen molar-refractivity contribution in [1.82, 2.24) is 15.0 Å². The molecule has 69 heavy (non-hydrogen) atoms. The molecular weight excluding hydrogens is 863 g/mol. The molecule has 14 aromatic rings. The van der Waals surface area contributed by atoms with Crippen LogP contribution >= 0.6 is 11.3 Å². The average molecular weight is 906 g/mol. The van der Waals surface area contributed by atoms with Gasteiger partial charge in [0.15, 0.2) is 17.5 Å². The van der Waals surface area contributed by atoms with Crippen LogP contribution in [0.2, 0.25) is 0 Å². The number of rotatable bonds is 7. The molecule has 14 rings (SSSR count). The van der Waals surface area contributed by atoms with Crippen molar-refractivity contribution in [1.29, 1.82) is 0 Å². The zero-order valence-electron chi connectivity index (χ0n) is 42.5. The predicted molar refractivity (Wildman–Crippen MR) is 285 cm³/mol. The van der Waals surface area contributed by atoms with Crippen LogP contribution < -0.4 is 0 Å². The van der Waals surface area contributed by atoms with Crippen molar-refractivity contribution in [2.24, 2.45) is 0 Å². The Balaban J connectivity index is 0.925. The summed E-state index contributed by atoms with van der Waals surface area (Å²) in [6.07, 6.45) is 0. The van der Waals surface area contributed by atoms with Crippen molar-refractivity contribution in [2.45, 2.75) is 0 Å². The smallest absolute Gasteiger partial charge is 0.164 e. The summed E-state index contributed by atoms with van der Waals surface area (Å²) in [5, 5.41) is 4.02. The van der Waals surface area contributed by atoms with E-state index in [1.807, 2.05) is 152 Å². The van der Waals surface area contributed by atoms with E-state index in [0.29, 0.717) is 16.7 Å². The van der Waals surface area contributed by atoms with Crippen LogP contribution in [0.3, 0.4) is 0 Å². The number of hydrogen-bond donors (Lipinski definition) is 0. The first kappa shape index (κ1) is 33.5. The molecule has 0 saturated carbocycles. The fourth-order valence-corrected chi connectivity index (χ4v) is 10.6. The van der Waals surface area contributed by atoms with Crippen molar-refractivity contribution in [3.8, 4) is 78.7 Å². The van der Waals surface area contributed by atoms with E-state index in [-0.39, 0.29) is 86.8 Å². The molecule has 4 aromatic heterocycles. The summed E-state index contributed by atoms with van der Waals surface area (Å²) in [5.41, 5.74) is 9.40. The Hall–Kier alpha value is -8.97. The molecule has 0 spiro atoms. The van der Waals surface area contributed by atoms with Gasteiger partial charge in [-0.2, -0.15) is 0 Å². The van der Waals surface area contributed by atoms with Crippen molar-refractivity contribution >= 4 is 75.4 Å². The minimum absolute atomic E-state index is 0.0200. The van der Waals surface area contributed by atoms with Gasteiger partial charge < -0.3 is 8.83 Å². The number of fused-ring (bicyclic) bond motifs is 9. The summed E-state index contributed by atoms with van der Waals surface area (Å²) in [6, 6.07) is 60.5. The highest BCUT2D eigenvalue weighted by Gasteiger charge is 2.19. The number of furan rings is 2. The lowest BCUT2D eigenvalue weighted by Crippen LogP contribution is -2.00. The van der Waals surface area contributed by atoms with Crippen LogP contribution in [0.25, 0.3) is 143 Å². The maximum Gasteiger partial charge on any atom is 0.164 e. The first-order chi connectivity index (χ1) is 36.7. The van der Waals surface area contributed by atoms with E-state index in [1.54, 1.807) is 11.3 Å². The lowest BCUT2D eigenvalue weighted by atomic mass is 9.98. The molecule has 5 nitrogen and oxygen atoms in total. The molecule has 0 saturated heterocycles. The molecule has 4 heterocycles. The number of nitrogens with zero attached hydrogens (tertiary/aromatic N) is 3. The first-order valence-corrected chi connectivity index (χ1v) is 23.4. The molecule has 10 aromatic carbocycles. The highest BCUT2D eigenvalue weighted by atomic mass is 32.1. The summed E-state index contributed by atoms with van der Waals surface area (Å²) < 4.78 is 72.3. The Bertz CT molecular complexity index is 4650. The fraction of sp³-hybridized carbons (Fsp3) is 0. The number of hydrogen-bond acceptors (Lipinski definition) is 6. The third-order valence-electron chi connectivity index (χ3n) is 12.9. The Kier molecular flexibility index (Phi) is 7.69. The van der Waals surface area contributed by atoms with Gasteiger partial charge in [-0.05, 0) is 69.7 Å². The fourth-order valence-electron chi connectivity index (χ4n) is 9.50. The molecule has 0 aliphatic rings. The van der Waals surface area contributed by atoms with Gasteiger partial charge in [-0.15, -0.1) is 11.3 Å². The molecule has 0 amide bonds. The van der Waals surface area contributed by atoms with E-state index in [9.17, 15) is 8.22 Å². The zero-order valence-corrected chi connectivity index (χ0v) is 37.3. The molecule has 0 aliphatic carbocycles. The van der Waals surface area contributed by atoms with Crippen LogP contribution in [0.5, 0.6) is 0 Å². The summed E-state index contributed by atoms with van der Waals surface area (Å²) >= 11 is 1.61. The molecule has 322 valence electrons. The third-order valence-corrected chi connectivity index (χ3v) is 14.0. The van der Waals surface area contributed by atoms with E-state index >= 15 is 0 Å². The van der Waals surface area contributed by atoms with Crippen LogP contribution in [-0.4, -0.2) is 15.0 Å². The van der Waals surface area contributed by atoms with Crippen LogP contribution in [0, 0.1) is 0 Å². The van der Waals surface area contributed by atoms with E-state index in [4.69, 9.17) is 23.8 Å². The van der Waals surface area contributed by atoms with Gasteiger partial charge in [0.1, 0.15) is 22.3 Å². The summed E-state index contributed by atoms with van der Waals surface area (Å²) in [7, 11) is 0. The number of para-hydroxylation sites is 2. The Labute approximate surface area is 408 Å². The highest BCUT2D eigenvalue weighted by Crippen LogP contribution is 2.43. The molecule has 0 N–H and O–H groups in total. The SMILES string of the molecule is [2H]c1c(-c2cccc3sc4ccccc4c23)c([2H])c2c(oc3c([2H])c(-c4nc(-c5ccc(-c6ccccc6)cc5)nc(-c5ccc(-c6cccc7c6oc6c(-c8ccccc8)cccc67)cc5)n4)c([2H])c([2H])c32)c1[2H]. The minimum atomic E-state index is -0.351. The molecule has 0 radical (unpaired) electrons. The van der Waals surface area contributed by atoms with E-state index in [2.05, 4.69) is 36.4 Å². The minimum Gasteiger partial charge on any atom is -0.456 e. The topological polar surface area (TPSA) is 65.0 Å². The third kappa shape index (κ3) is 6.64. The molecule has 0 unspecified atom stereocenters. The maximum atomic E-state index is 9.73. The molecular formula is C63H37N3O2S. The maximum absolute atomic E-state index is 9.73. The molecule has 0 aliphatic heterocycles. The molecule has 0 atom stereocenters. The number of aromatic nitrogens is 3. The zero-order chi connectivity index (χ0) is 50.6. The average Bonchev–Trinajstić information content (AvgIpc) is 4.24. The van der Waals surface area contributed by atoms with Gasteiger partial charge in [-0.25, -0.2) is 15.0 Å². The van der Waals surface area contributed by atoms with Gasteiger partial charge >= 0.3 is 0 Å². The van der Waals surface area contributed by atoms with Crippen molar-refractivity contribution in [2.75, 3.05) is 0 Å². The van der Waals surface area contributed by atoms with Gasteiger partial charge in [0.05, 0.1) is 8.22 Å². The second-order valence-electron chi connectivity index (χ2n) is 16.9. The normalized spacial score (nSPS) is 13.0. The van der Waals surface area contributed by atoms with Crippen LogP contribution in [-0.2, 0) is 0 Å². The Morgan fingerprint density at radius 3 is 1.52 bits per heavy atom. The summed E-state index contributed by atoms with van der Waals surface area (Å²) in [5.74, 6) is 0.544. The van der Waals surface area contributed by atoms with Gasteiger partial charge in [0.2, 0.25) is 0 Å². The molecule has 0 fully saturated rings. The second-order valence-corrected chi connectivity index (χ2v) is 18.0. The van der Waals surface area contributed by atoms with Crippen molar-refractivity contribution in [3.63, 3.8) is 0 Å².